The van der Waals surface area contributed by atoms with E-state index in [0.29, 0.717) is 23.8 Å². The van der Waals surface area contributed by atoms with E-state index in [1.807, 2.05) is 24.9 Å². The van der Waals surface area contributed by atoms with Crippen LogP contribution < -0.4 is 0 Å². The van der Waals surface area contributed by atoms with Crippen LogP contribution >= 0.6 is 0 Å². The van der Waals surface area contributed by atoms with Gasteiger partial charge in [-0.1, -0.05) is 17.3 Å². The highest BCUT2D eigenvalue weighted by Crippen LogP contribution is 2.24. The predicted octanol–water partition coefficient (Wildman–Crippen LogP) is 3.98. The number of non-ortho nitro benzene ring substituents is 1. The average molecular weight is 356 g/mol. The van der Waals surface area contributed by atoms with Gasteiger partial charge < -0.3 is 4.52 Å². The summed E-state index contributed by atoms with van der Waals surface area (Å²) in [5.41, 5.74) is 1.54. The van der Waals surface area contributed by atoms with Crippen LogP contribution in [-0.2, 0) is 6.54 Å². The smallest absolute Gasteiger partial charge is 0.269 e. The molecule has 3 rings (SSSR count). The van der Waals surface area contributed by atoms with Crippen LogP contribution in [0.25, 0.3) is 11.4 Å². The van der Waals surface area contributed by atoms with Crippen LogP contribution in [0.5, 0.6) is 0 Å². The van der Waals surface area contributed by atoms with Gasteiger partial charge in [0.1, 0.15) is 5.82 Å². The fourth-order valence-electron chi connectivity index (χ4n) is 2.54. The molecule has 0 amide bonds. The first-order chi connectivity index (χ1) is 12.4. The number of benzene rings is 2. The van der Waals surface area contributed by atoms with Crippen LogP contribution in [-0.4, -0.2) is 27.0 Å². The molecule has 8 heteroatoms. The second kappa shape index (κ2) is 7.40. The van der Waals surface area contributed by atoms with Gasteiger partial charge in [-0.2, -0.15) is 4.98 Å². The van der Waals surface area contributed by atoms with Crippen molar-refractivity contribution in [3.8, 4) is 11.4 Å². The topological polar surface area (TPSA) is 85.3 Å². The van der Waals surface area contributed by atoms with Gasteiger partial charge in [0, 0.05) is 23.7 Å². The highest BCUT2D eigenvalue weighted by molar-refractivity contribution is 5.53. The number of hydrogen-bond donors (Lipinski definition) is 0. The number of nitro benzene ring substituents is 1. The molecule has 1 atom stereocenters. The second-order valence-electron chi connectivity index (χ2n) is 5.96. The Morgan fingerprint density at radius 2 is 2.00 bits per heavy atom. The summed E-state index contributed by atoms with van der Waals surface area (Å²) in [6, 6.07) is 12.3. The van der Waals surface area contributed by atoms with Crippen molar-refractivity contribution < 1.29 is 13.8 Å². The summed E-state index contributed by atoms with van der Waals surface area (Å²) in [5, 5.41) is 14.8. The van der Waals surface area contributed by atoms with Gasteiger partial charge in [-0.3, -0.25) is 15.0 Å². The van der Waals surface area contributed by atoms with Crippen molar-refractivity contribution in [3.63, 3.8) is 0 Å². The van der Waals surface area contributed by atoms with E-state index in [0.717, 1.165) is 5.56 Å². The SMILES string of the molecule is CC(c1cccc([N+](=O)[O-])c1)N(C)Cc1nc(-c2ccc(F)cc2)no1. The van der Waals surface area contributed by atoms with E-state index < -0.39 is 4.92 Å². The molecule has 0 saturated carbocycles. The van der Waals surface area contributed by atoms with Gasteiger partial charge in [0.05, 0.1) is 11.5 Å². The van der Waals surface area contributed by atoms with Gasteiger partial charge >= 0.3 is 0 Å². The number of rotatable bonds is 6. The first-order valence-electron chi connectivity index (χ1n) is 7.97. The summed E-state index contributed by atoms with van der Waals surface area (Å²) >= 11 is 0. The van der Waals surface area contributed by atoms with Crippen molar-refractivity contribution in [1.29, 1.82) is 0 Å². The van der Waals surface area contributed by atoms with Gasteiger partial charge in [-0.25, -0.2) is 4.39 Å². The number of halogens is 1. The van der Waals surface area contributed by atoms with E-state index in [-0.39, 0.29) is 17.5 Å². The minimum absolute atomic E-state index is 0.0548. The Kier molecular flexibility index (Phi) is 5.04. The lowest BCUT2D eigenvalue weighted by atomic mass is 10.1. The number of nitrogens with zero attached hydrogens (tertiary/aromatic N) is 4. The molecule has 1 heterocycles. The zero-order chi connectivity index (χ0) is 18.7. The van der Waals surface area contributed by atoms with E-state index in [1.165, 1.54) is 18.2 Å². The fraction of sp³-hybridized carbons (Fsp3) is 0.222. The fourth-order valence-corrected chi connectivity index (χ4v) is 2.54. The third-order valence-corrected chi connectivity index (χ3v) is 4.18. The zero-order valence-electron chi connectivity index (χ0n) is 14.3. The molecule has 0 aliphatic carbocycles. The maximum absolute atomic E-state index is 13.0. The van der Waals surface area contributed by atoms with Crippen molar-refractivity contribution in [2.75, 3.05) is 7.05 Å². The first kappa shape index (κ1) is 17.7. The lowest BCUT2D eigenvalue weighted by Crippen LogP contribution is -2.22. The monoisotopic (exact) mass is 356 g/mol. The lowest BCUT2D eigenvalue weighted by Gasteiger charge is -2.23. The standard InChI is InChI=1S/C18H17FN4O3/c1-12(14-4-3-5-16(10-14)23(24)25)22(2)11-17-20-18(21-26-17)13-6-8-15(19)9-7-13/h3-10,12H,11H2,1-2H3. The largest absolute Gasteiger partial charge is 0.338 e. The highest BCUT2D eigenvalue weighted by Gasteiger charge is 2.18. The third-order valence-electron chi connectivity index (χ3n) is 4.18. The predicted molar refractivity (Wildman–Crippen MR) is 92.7 cm³/mol. The molecule has 0 aliphatic heterocycles. The first-order valence-corrected chi connectivity index (χ1v) is 7.97. The Morgan fingerprint density at radius 3 is 2.69 bits per heavy atom. The van der Waals surface area contributed by atoms with Gasteiger partial charge in [-0.05, 0) is 43.8 Å². The number of hydrogen-bond acceptors (Lipinski definition) is 6. The van der Waals surface area contributed by atoms with E-state index in [4.69, 9.17) is 4.52 Å². The Hall–Kier alpha value is -3.13. The Balaban J connectivity index is 1.71. The number of nitro groups is 1. The summed E-state index contributed by atoms with van der Waals surface area (Å²) in [6.07, 6.45) is 0. The second-order valence-corrected chi connectivity index (χ2v) is 5.96. The maximum atomic E-state index is 13.0. The normalized spacial score (nSPS) is 12.3. The quantitative estimate of drug-likeness (QED) is 0.491. The van der Waals surface area contributed by atoms with E-state index in [9.17, 15) is 14.5 Å². The third kappa shape index (κ3) is 3.92. The molecule has 0 bridgehead atoms. The van der Waals surface area contributed by atoms with Crippen molar-refractivity contribution in [3.05, 3.63) is 75.9 Å². The molecule has 1 unspecified atom stereocenters. The molecule has 2 aromatic carbocycles. The van der Waals surface area contributed by atoms with Crippen molar-refractivity contribution >= 4 is 5.69 Å². The van der Waals surface area contributed by atoms with Gasteiger partial charge in [0.25, 0.3) is 5.69 Å². The summed E-state index contributed by atoms with van der Waals surface area (Å²) in [4.78, 5) is 16.8. The molecule has 7 nitrogen and oxygen atoms in total. The van der Waals surface area contributed by atoms with E-state index in [1.54, 1.807) is 24.3 Å². The average Bonchev–Trinajstić information content (AvgIpc) is 3.10. The molecule has 0 aliphatic rings. The van der Waals surface area contributed by atoms with Crippen LogP contribution in [0, 0.1) is 15.9 Å². The van der Waals surface area contributed by atoms with Crippen LogP contribution in [0.15, 0.2) is 53.1 Å². The van der Waals surface area contributed by atoms with Gasteiger partial charge in [0.2, 0.25) is 11.7 Å². The highest BCUT2D eigenvalue weighted by atomic mass is 19.1. The molecule has 3 aromatic rings. The molecule has 0 spiro atoms. The molecule has 134 valence electrons. The Labute approximate surface area is 149 Å². The molecule has 0 saturated heterocycles. The minimum Gasteiger partial charge on any atom is -0.338 e. The van der Waals surface area contributed by atoms with Crippen LogP contribution in [0.2, 0.25) is 0 Å². The van der Waals surface area contributed by atoms with Gasteiger partial charge in [0.15, 0.2) is 0 Å². The molecular formula is C18H17FN4O3. The minimum atomic E-state index is -0.413. The van der Waals surface area contributed by atoms with Crippen molar-refractivity contribution in [1.82, 2.24) is 15.0 Å². The van der Waals surface area contributed by atoms with Crippen LogP contribution in [0.4, 0.5) is 10.1 Å². The molecule has 26 heavy (non-hydrogen) atoms. The molecule has 0 radical (unpaired) electrons. The summed E-state index contributed by atoms with van der Waals surface area (Å²) < 4.78 is 18.3. The Morgan fingerprint density at radius 1 is 1.27 bits per heavy atom. The van der Waals surface area contributed by atoms with Crippen LogP contribution in [0.1, 0.15) is 24.4 Å². The molecule has 0 fully saturated rings. The van der Waals surface area contributed by atoms with Crippen molar-refractivity contribution in [2.45, 2.75) is 19.5 Å². The summed E-state index contributed by atoms with van der Waals surface area (Å²) in [7, 11) is 1.87. The summed E-state index contributed by atoms with van der Waals surface area (Å²) in [6.45, 7) is 2.31. The van der Waals surface area contributed by atoms with E-state index >= 15 is 0 Å². The van der Waals surface area contributed by atoms with E-state index in [2.05, 4.69) is 10.1 Å². The summed E-state index contributed by atoms with van der Waals surface area (Å²) in [5.74, 6) is 0.462. The van der Waals surface area contributed by atoms with Crippen molar-refractivity contribution in [2.24, 2.45) is 0 Å². The lowest BCUT2D eigenvalue weighted by molar-refractivity contribution is -0.384. The zero-order valence-corrected chi connectivity index (χ0v) is 14.3. The van der Waals surface area contributed by atoms with Gasteiger partial charge in [-0.15, -0.1) is 0 Å². The molecule has 0 N–H and O–H groups in total. The number of aromatic nitrogens is 2. The van der Waals surface area contributed by atoms with Crippen LogP contribution in [0.3, 0.4) is 0 Å². The molecular weight excluding hydrogens is 339 g/mol. The molecule has 1 aromatic heterocycles. The maximum Gasteiger partial charge on any atom is 0.269 e. The Bertz CT molecular complexity index is 911.